The first-order valence-electron chi connectivity index (χ1n) is 11.6. The highest BCUT2D eigenvalue weighted by molar-refractivity contribution is 5.93. The summed E-state index contributed by atoms with van der Waals surface area (Å²) in [6.07, 6.45) is 2.67. The van der Waals surface area contributed by atoms with E-state index < -0.39 is 6.10 Å². The molecule has 3 heterocycles. The van der Waals surface area contributed by atoms with E-state index in [0.29, 0.717) is 31.7 Å². The van der Waals surface area contributed by atoms with E-state index >= 15 is 0 Å². The van der Waals surface area contributed by atoms with Crippen LogP contribution in [0.1, 0.15) is 57.2 Å². The number of hydrogen-bond donors (Lipinski definition) is 1. The first kappa shape index (κ1) is 23.6. The summed E-state index contributed by atoms with van der Waals surface area (Å²) in [5.74, 6) is -0.220. The van der Waals surface area contributed by atoms with Crippen molar-refractivity contribution >= 4 is 11.8 Å². The van der Waals surface area contributed by atoms with Gasteiger partial charge in [0.25, 0.3) is 11.8 Å². The van der Waals surface area contributed by atoms with Crippen LogP contribution < -0.4 is 5.32 Å². The number of carbonyl (C=O) groups excluding carboxylic acids is 2. The zero-order chi connectivity index (χ0) is 24.2. The van der Waals surface area contributed by atoms with Crippen LogP contribution in [0.25, 0.3) is 0 Å². The topological polar surface area (TPSA) is 89.4 Å². The van der Waals surface area contributed by atoms with Crippen LogP contribution in [0.3, 0.4) is 0 Å². The molecule has 1 N–H and O–H groups in total. The summed E-state index contributed by atoms with van der Waals surface area (Å²) in [6, 6.07) is 11.3. The Bertz CT molecular complexity index is 1190. The van der Waals surface area contributed by atoms with E-state index in [0.717, 1.165) is 40.1 Å². The third-order valence-corrected chi connectivity index (χ3v) is 6.41. The molecular weight excluding hydrogens is 430 g/mol. The minimum Gasteiger partial charge on any atom is -0.367 e. The molecule has 0 bridgehead atoms. The third kappa shape index (κ3) is 4.72. The van der Waals surface area contributed by atoms with Gasteiger partial charge in [-0.2, -0.15) is 5.10 Å². The second kappa shape index (κ2) is 10.2. The van der Waals surface area contributed by atoms with Crippen LogP contribution in [0.4, 0.5) is 0 Å². The molecule has 1 aliphatic rings. The largest absolute Gasteiger partial charge is 0.367 e. The van der Waals surface area contributed by atoms with Gasteiger partial charge in [-0.25, -0.2) is 0 Å². The van der Waals surface area contributed by atoms with Gasteiger partial charge in [-0.3, -0.25) is 19.3 Å². The molecule has 0 spiro atoms. The molecule has 1 aliphatic heterocycles. The van der Waals surface area contributed by atoms with Crippen molar-refractivity contribution in [1.82, 2.24) is 25.0 Å². The Kier molecular flexibility index (Phi) is 7.07. The molecular formula is C26H31N5O3. The number of fused-ring (bicyclic) bond motifs is 1. The second-order valence-electron chi connectivity index (χ2n) is 8.54. The number of hydrogen-bond acceptors (Lipinski definition) is 5. The zero-order valence-electron chi connectivity index (χ0n) is 20.2. The Morgan fingerprint density at radius 1 is 1.24 bits per heavy atom. The van der Waals surface area contributed by atoms with Crippen LogP contribution >= 0.6 is 0 Å². The Morgan fingerprint density at radius 2 is 2.00 bits per heavy atom. The number of carbonyl (C=O) groups is 2. The molecule has 8 nitrogen and oxygen atoms in total. The summed E-state index contributed by atoms with van der Waals surface area (Å²) in [6.45, 7) is 5.43. The first-order chi connectivity index (χ1) is 16.4. The Balaban J connectivity index is 1.49. The van der Waals surface area contributed by atoms with Gasteiger partial charge in [0, 0.05) is 45.7 Å². The highest BCUT2D eigenvalue weighted by Gasteiger charge is 2.27. The molecule has 1 aromatic carbocycles. The predicted octanol–water partition coefficient (Wildman–Crippen LogP) is 2.89. The number of ether oxygens (including phenoxy) is 1. The van der Waals surface area contributed by atoms with Crippen molar-refractivity contribution in [3.05, 3.63) is 81.9 Å². The van der Waals surface area contributed by atoms with E-state index in [9.17, 15) is 9.59 Å². The van der Waals surface area contributed by atoms with Crippen LogP contribution in [0.2, 0.25) is 0 Å². The summed E-state index contributed by atoms with van der Waals surface area (Å²) in [5.41, 5.74) is 6.37. The molecule has 0 unspecified atom stereocenters. The van der Waals surface area contributed by atoms with Gasteiger partial charge in [-0.1, -0.05) is 37.3 Å². The molecule has 2 amide bonds. The number of nitrogens with zero attached hydrogens (tertiary/aromatic N) is 4. The molecule has 2 aromatic heterocycles. The molecule has 8 heteroatoms. The van der Waals surface area contributed by atoms with Crippen molar-refractivity contribution in [2.75, 3.05) is 13.7 Å². The molecule has 0 radical (unpaired) electrons. The SMILES string of the molecule is CCc1cc(C(=O)N2CCc3c(cnc(C)c3CNC(=O)[C@H](OC)c3ccccc3)C2)n(C)n1. The minimum atomic E-state index is -0.672. The standard InChI is InChI=1S/C26H31N5O3/c1-5-20-13-23(30(3)29-20)26(33)31-12-11-21-19(16-31)14-27-17(2)22(21)15-28-25(32)24(34-4)18-9-7-6-8-10-18/h6-10,13-14,24H,5,11-12,15-16H2,1-4H3,(H,28,32)/t24-/m1/s1. The molecule has 0 saturated carbocycles. The number of benzene rings is 1. The average Bonchev–Trinajstić information content (AvgIpc) is 3.24. The lowest BCUT2D eigenvalue weighted by Gasteiger charge is -2.30. The maximum atomic E-state index is 13.1. The van der Waals surface area contributed by atoms with E-state index in [1.54, 1.807) is 11.7 Å². The number of amides is 2. The number of pyridine rings is 1. The second-order valence-corrected chi connectivity index (χ2v) is 8.54. The lowest BCUT2D eigenvalue weighted by molar-refractivity contribution is -0.131. The number of methoxy groups -OCH3 is 1. The van der Waals surface area contributed by atoms with E-state index in [-0.39, 0.29) is 11.8 Å². The van der Waals surface area contributed by atoms with Gasteiger partial charge in [0.05, 0.1) is 5.69 Å². The van der Waals surface area contributed by atoms with Gasteiger partial charge in [-0.05, 0) is 48.1 Å². The van der Waals surface area contributed by atoms with Crippen molar-refractivity contribution in [2.45, 2.75) is 45.9 Å². The minimum absolute atomic E-state index is 0.0263. The lowest BCUT2D eigenvalue weighted by Crippen LogP contribution is -2.38. The van der Waals surface area contributed by atoms with E-state index in [2.05, 4.69) is 15.4 Å². The highest BCUT2D eigenvalue weighted by Crippen LogP contribution is 2.25. The summed E-state index contributed by atoms with van der Waals surface area (Å²) in [7, 11) is 3.34. The monoisotopic (exact) mass is 461 g/mol. The number of aromatic nitrogens is 3. The Labute approximate surface area is 199 Å². The van der Waals surface area contributed by atoms with Gasteiger partial charge < -0.3 is 15.0 Å². The fourth-order valence-electron chi connectivity index (χ4n) is 4.48. The summed E-state index contributed by atoms with van der Waals surface area (Å²) < 4.78 is 7.11. The van der Waals surface area contributed by atoms with E-state index in [1.165, 1.54) is 7.11 Å². The first-order valence-corrected chi connectivity index (χ1v) is 11.6. The van der Waals surface area contributed by atoms with Crippen molar-refractivity contribution < 1.29 is 14.3 Å². The van der Waals surface area contributed by atoms with Crippen molar-refractivity contribution in [2.24, 2.45) is 7.05 Å². The molecule has 3 aromatic rings. The average molecular weight is 462 g/mol. The van der Waals surface area contributed by atoms with Crippen LogP contribution in [0.5, 0.6) is 0 Å². The van der Waals surface area contributed by atoms with Gasteiger partial charge in [0.15, 0.2) is 6.10 Å². The van der Waals surface area contributed by atoms with E-state index in [1.807, 2.05) is 61.3 Å². The Morgan fingerprint density at radius 3 is 2.68 bits per heavy atom. The highest BCUT2D eigenvalue weighted by atomic mass is 16.5. The quantitative estimate of drug-likeness (QED) is 0.584. The third-order valence-electron chi connectivity index (χ3n) is 6.41. The van der Waals surface area contributed by atoms with Crippen LogP contribution in [0.15, 0.2) is 42.6 Å². The van der Waals surface area contributed by atoms with Gasteiger partial charge in [-0.15, -0.1) is 0 Å². The number of rotatable bonds is 7. The number of nitrogens with one attached hydrogen (secondary N) is 1. The van der Waals surface area contributed by atoms with E-state index in [4.69, 9.17) is 4.74 Å². The molecule has 4 rings (SSSR count). The maximum absolute atomic E-state index is 13.1. The van der Waals surface area contributed by atoms with Gasteiger partial charge >= 0.3 is 0 Å². The van der Waals surface area contributed by atoms with Crippen molar-refractivity contribution in [3.8, 4) is 0 Å². The van der Waals surface area contributed by atoms with Crippen LogP contribution in [-0.2, 0) is 42.5 Å². The van der Waals surface area contributed by atoms with Gasteiger partial charge in [0.2, 0.25) is 0 Å². The Hall–Kier alpha value is -3.52. The lowest BCUT2D eigenvalue weighted by atomic mass is 9.94. The molecule has 1 atom stereocenters. The fourth-order valence-corrected chi connectivity index (χ4v) is 4.48. The maximum Gasteiger partial charge on any atom is 0.272 e. The van der Waals surface area contributed by atoms with Crippen molar-refractivity contribution in [1.29, 1.82) is 0 Å². The van der Waals surface area contributed by atoms with Crippen LogP contribution in [0, 0.1) is 6.92 Å². The smallest absolute Gasteiger partial charge is 0.272 e. The van der Waals surface area contributed by atoms with Gasteiger partial charge in [0.1, 0.15) is 5.69 Å². The van der Waals surface area contributed by atoms with Crippen LogP contribution in [-0.4, -0.2) is 45.1 Å². The molecule has 178 valence electrons. The molecule has 34 heavy (non-hydrogen) atoms. The zero-order valence-corrected chi connectivity index (χ0v) is 20.2. The predicted molar refractivity (Wildman–Crippen MR) is 128 cm³/mol. The van der Waals surface area contributed by atoms with Crippen molar-refractivity contribution in [3.63, 3.8) is 0 Å². The molecule has 0 saturated heterocycles. The number of aryl methyl sites for hydroxylation is 3. The molecule has 0 aliphatic carbocycles. The normalized spacial score (nSPS) is 13.9. The fraction of sp³-hybridized carbons (Fsp3) is 0.385. The molecule has 0 fully saturated rings. The summed E-state index contributed by atoms with van der Waals surface area (Å²) in [5, 5.41) is 7.43. The summed E-state index contributed by atoms with van der Waals surface area (Å²) >= 11 is 0. The summed E-state index contributed by atoms with van der Waals surface area (Å²) in [4.78, 5) is 32.4.